The first kappa shape index (κ1) is 35.3. The summed E-state index contributed by atoms with van der Waals surface area (Å²) in [6, 6.07) is 25.4. The Morgan fingerprint density at radius 1 is 0.851 bits per heavy atom. The first-order valence-electron chi connectivity index (χ1n) is 14.8. The van der Waals surface area contributed by atoms with E-state index >= 15 is 0 Å². The third-order valence-electron chi connectivity index (χ3n) is 7.49. The quantitative estimate of drug-likeness (QED) is 0.156. The number of nitrogens with zero attached hydrogens (tertiary/aromatic N) is 3. The van der Waals surface area contributed by atoms with Gasteiger partial charge in [0, 0.05) is 18.7 Å². The Morgan fingerprint density at radius 3 is 1.89 bits per heavy atom. The number of amides is 1. The van der Waals surface area contributed by atoms with Gasteiger partial charge in [0.05, 0.1) is 26.9 Å². The third kappa shape index (κ3) is 8.43. The SMILES string of the molecule is CCc1nc2cc(C(C)O)ccc2n1-c1ccc(CCN(C(=O)O)S(=O)(=O)c2ccc(C)cc2)cc1.Cc1ccc(S(=O)(=O)O)cc1. The lowest BCUT2D eigenvalue weighted by atomic mass is 10.1. The van der Waals surface area contributed by atoms with Crippen molar-refractivity contribution in [2.24, 2.45) is 0 Å². The number of hydrogen-bond donors (Lipinski definition) is 3. The Morgan fingerprint density at radius 2 is 1.40 bits per heavy atom. The number of rotatable bonds is 9. The molecule has 0 aliphatic heterocycles. The molecule has 1 unspecified atom stereocenters. The zero-order valence-electron chi connectivity index (χ0n) is 26.4. The molecule has 5 rings (SSSR count). The number of carboxylic acid groups (broad SMARTS) is 1. The summed E-state index contributed by atoms with van der Waals surface area (Å²) in [5.41, 5.74) is 6.06. The maximum Gasteiger partial charge on any atom is 0.421 e. The topological polar surface area (TPSA) is 167 Å². The van der Waals surface area contributed by atoms with E-state index in [1.165, 1.54) is 24.3 Å². The number of benzene rings is 4. The van der Waals surface area contributed by atoms with Crippen LogP contribution in [0.3, 0.4) is 0 Å². The second-order valence-electron chi connectivity index (χ2n) is 11.0. The lowest BCUT2D eigenvalue weighted by molar-refractivity contribution is 0.172. The van der Waals surface area contributed by atoms with Gasteiger partial charge in [-0.05, 0) is 86.8 Å². The minimum absolute atomic E-state index is 0.0521. The molecule has 1 amide bonds. The Labute approximate surface area is 274 Å². The minimum Gasteiger partial charge on any atom is -0.464 e. The third-order valence-corrected chi connectivity index (χ3v) is 10.1. The van der Waals surface area contributed by atoms with Gasteiger partial charge in [-0.2, -0.15) is 8.42 Å². The van der Waals surface area contributed by atoms with E-state index < -0.39 is 32.3 Å². The van der Waals surface area contributed by atoms with Gasteiger partial charge >= 0.3 is 6.09 Å². The summed E-state index contributed by atoms with van der Waals surface area (Å²) in [6.07, 6.45) is -1.14. The maximum atomic E-state index is 12.9. The van der Waals surface area contributed by atoms with Gasteiger partial charge in [-0.15, -0.1) is 0 Å². The molecule has 4 aromatic carbocycles. The maximum absolute atomic E-state index is 12.9. The molecule has 1 atom stereocenters. The Balaban J connectivity index is 0.000000385. The van der Waals surface area contributed by atoms with Crippen LogP contribution >= 0.6 is 0 Å². The molecule has 1 aromatic heterocycles. The van der Waals surface area contributed by atoms with Gasteiger partial charge in [-0.25, -0.2) is 22.5 Å². The van der Waals surface area contributed by atoms with Crippen molar-refractivity contribution in [3.63, 3.8) is 0 Å². The van der Waals surface area contributed by atoms with E-state index in [0.717, 1.165) is 44.8 Å². The molecule has 5 aromatic rings. The van der Waals surface area contributed by atoms with Crippen molar-refractivity contribution >= 4 is 37.3 Å². The summed E-state index contributed by atoms with van der Waals surface area (Å²) in [7, 11) is -8.19. The van der Waals surface area contributed by atoms with Crippen LogP contribution in [-0.4, -0.2) is 58.1 Å². The van der Waals surface area contributed by atoms with E-state index in [-0.39, 0.29) is 22.8 Å². The summed E-state index contributed by atoms with van der Waals surface area (Å²) in [6.45, 7) is 7.22. The highest BCUT2D eigenvalue weighted by Gasteiger charge is 2.28. The van der Waals surface area contributed by atoms with Gasteiger partial charge < -0.3 is 10.2 Å². The molecular weight excluding hydrogens is 643 g/mol. The summed E-state index contributed by atoms with van der Waals surface area (Å²) >= 11 is 0. The van der Waals surface area contributed by atoms with Crippen molar-refractivity contribution in [3.8, 4) is 5.69 Å². The molecule has 0 spiro atoms. The zero-order valence-corrected chi connectivity index (χ0v) is 28.0. The highest BCUT2D eigenvalue weighted by Crippen LogP contribution is 2.26. The average molecular weight is 680 g/mol. The van der Waals surface area contributed by atoms with Crippen molar-refractivity contribution in [1.82, 2.24) is 13.9 Å². The Kier molecular flexibility index (Phi) is 10.9. The van der Waals surface area contributed by atoms with Gasteiger partial charge in [-0.3, -0.25) is 9.12 Å². The number of aryl methyl sites for hydroxylation is 3. The van der Waals surface area contributed by atoms with Crippen molar-refractivity contribution in [2.45, 2.75) is 56.4 Å². The molecular formula is C34H37N3O8S2. The van der Waals surface area contributed by atoms with Crippen LogP contribution in [0.15, 0.2) is 101 Å². The summed E-state index contributed by atoms with van der Waals surface area (Å²) in [5.74, 6) is 0.877. The first-order valence-corrected chi connectivity index (χ1v) is 17.6. The molecule has 1 heterocycles. The number of aromatic nitrogens is 2. The average Bonchev–Trinajstić information content (AvgIpc) is 3.39. The van der Waals surface area contributed by atoms with Crippen LogP contribution in [0.4, 0.5) is 4.79 Å². The van der Waals surface area contributed by atoms with Crippen LogP contribution in [0.25, 0.3) is 16.7 Å². The predicted molar refractivity (Wildman–Crippen MR) is 179 cm³/mol. The summed E-state index contributed by atoms with van der Waals surface area (Å²) < 4.78 is 57.9. The van der Waals surface area contributed by atoms with Gasteiger partial charge in [0.2, 0.25) is 0 Å². The van der Waals surface area contributed by atoms with Gasteiger partial charge in [0.25, 0.3) is 20.1 Å². The molecule has 0 radical (unpaired) electrons. The minimum atomic E-state index is -4.17. The molecule has 13 heteroatoms. The second kappa shape index (κ2) is 14.5. The van der Waals surface area contributed by atoms with Crippen molar-refractivity contribution in [3.05, 3.63) is 119 Å². The number of aliphatic hydroxyl groups is 1. The number of fused-ring (bicyclic) bond motifs is 1. The van der Waals surface area contributed by atoms with Gasteiger partial charge in [-0.1, -0.05) is 60.5 Å². The fourth-order valence-corrected chi connectivity index (χ4v) is 6.59. The Hall–Kier alpha value is -4.56. The van der Waals surface area contributed by atoms with Crippen LogP contribution in [0, 0.1) is 13.8 Å². The van der Waals surface area contributed by atoms with Crippen molar-refractivity contribution < 1.29 is 36.4 Å². The van der Waals surface area contributed by atoms with Gasteiger partial charge in [0.1, 0.15) is 5.82 Å². The van der Waals surface area contributed by atoms with Crippen molar-refractivity contribution in [2.75, 3.05) is 6.54 Å². The molecule has 248 valence electrons. The molecule has 0 aliphatic rings. The monoisotopic (exact) mass is 679 g/mol. The number of sulfonamides is 1. The van der Waals surface area contributed by atoms with E-state index in [4.69, 9.17) is 9.54 Å². The lowest BCUT2D eigenvalue weighted by Gasteiger charge is -2.19. The fourth-order valence-electron chi connectivity index (χ4n) is 4.84. The van der Waals surface area contributed by atoms with E-state index in [2.05, 4.69) is 4.57 Å². The number of carbonyl (C=O) groups is 1. The van der Waals surface area contributed by atoms with Crippen LogP contribution < -0.4 is 0 Å². The predicted octanol–water partition coefficient (Wildman–Crippen LogP) is 6.10. The van der Waals surface area contributed by atoms with Crippen LogP contribution in [-0.2, 0) is 33.0 Å². The number of imidazole rings is 1. The largest absolute Gasteiger partial charge is 0.464 e. The number of hydrogen-bond acceptors (Lipinski definition) is 7. The molecule has 0 aliphatic carbocycles. The molecule has 0 bridgehead atoms. The first-order chi connectivity index (χ1) is 22.1. The van der Waals surface area contributed by atoms with Gasteiger partial charge in [0.15, 0.2) is 0 Å². The molecule has 3 N–H and O–H groups in total. The second-order valence-corrected chi connectivity index (χ2v) is 14.3. The van der Waals surface area contributed by atoms with E-state index in [0.29, 0.717) is 10.7 Å². The molecule has 0 fully saturated rings. The van der Waals surface area contributed by atoms with E-state index in [9.17, 15) is 31.8 Å². The van der Waals surface area contributed by atoms with E-state index in [1.807, 2.05) is 63.2 Å². The molecule has 0 saturated carbocycles. The Bertz CT molecular complexity index is 2070. The fraction of sp³-hybridized carbons (Fsp3) is 0.235. The van der Waals surface area contributed by atoms with E-state index in [1.54, 1.807) is 31.2 Å². The smallest absolute Gasteiger partial charge is 0.421 e. The number of aliphatic hydroxyl groups excluding tert-OH is 1. The highest BCUT2D eigenvalue weighted by atomic mass is 32.2. The normalized spacial score (nSPS) is 12.3. The lowest BCUT2D eigenvalue weighted by Crippen LogP contribution is -2.37. The summed E-state index contributed by atoms with van der Waals surface area (Å²) in [5, 5.41) is 19.5. The molecule has 0 saturated heterocycles. The standard InChI is InChI=1S/C27H29N3O5S.C7H8O3S/c1-4-26-28-24-17-21(19(3)31)9-14-25(24)30(26)22-10-7-20(8-11-22)15-16-29(27(32)33)36(34,35)23-12-5-18(2)6-13-23;1-6-2-4-7(5-3-6)11(8,9)10/h5-14,17,19,31H,4,15-16H2,1-3H3,(H,32,33);2-5H,1H3,(H,8,9,10). The van der Waals surface area contributed by atoms with Crippen LogP contribution in [0.1, 0.15) is 48.0 Å². The highest BCUT2D eigenvalue weighted by molar-refractivity contribution is 7.89. The van der Waals surface area contributed by atoms with Crippen molar-refractivity contribution in [1.29, 1.82) is 0 Å². The summed E-state index contributed by atoms with van der Waals surface area (Å²) in [4.78, 5) is 16.4. The zero-order chi connectivity index (χ0) is 34.5. The molecule has 47 heavy (non-hydrogen) atoms. The van der Waals surface area contributed by atoms with Crippen LogP contribution in [0.2, 0.25) is 0 Å². The van der Waals surface area contributed by atoms with Crippen LogP contribution in [0.5, 0.6) is 0 Å². The molecule has 11 nitrogen and oxygen atoms in total.